The van der Waals surface area contributed by atoms with Gasteiger partial charge in [0.15, 0.2) is 0 Å². The molecule has 0 unspecified atom stereocenters. The van der Waals surface area contributed by atoms with Gasteiger partial charge in [-0.1, -0.05) is 24.3 Å². The average molecular weight is 316 g/mol. The number of carbonyl (C=O) groups is 1. The lowest BCUT2D eigenvalue weighted by atomic mass is 10.2. The van der Waals surface area contributed by atoms with Crippen LogP contribution in [0, 0.1) is 0 Å². The van der Waals surface area contributed by atoms with Gasteiger partial charge in [-0.05, 0) is 29.5 Å². The third-order valence-electron chi connectivity index (χ3n) is 2.95. The van der Waals surface area contributed by atoms with Crippen molar-refractivity contribution in [2.24, 2.45) is 0 Å². The standard InChI is InChI=1S/C14H15F3N2OS/c15-14(16,17)21-10-13(20)18-9-11-4-3-5-12(8-11)19-6-1-2-7-19/h1-5,8H,6-7,9-10H2,(H,18,20). The molecule has 1 N–H and O–H groups in total. The van der Waals surface area contributed by atoms with Crippen LogP contribution in [0.2, 0.25) is 0 Å². The van der Waals surface area contributed by atoms with Crippen molar-refractivity contribution in [1.29, 1.82) is 0 Å². The summed E-state index contributed by atoms with van der Waals surface area (Å²) in [5.41, 5.74) is -2.47. The van der Waals surface area contributed by atoms with Crippen molar-refractivity contribution in [3.63, 3.8) is 0 Å². The molecule has 0 fully saturated rings. The number of thioether (sulfide) groups is 1. The number of alkyl halides is 3. The highest BCUT2D eigenvalue weighted by Gasteiger charge is 2.29. The predicted molar refractivity (Wildman–Crippen MR) is 78.2 cm³/mol. The number of hydrogen-bond acceptors (Lipinski definition) is 3. The van der Waals surface area contributed by atoms with E-state index in [0.29, 0.717) is 0 Å². The third-order valence-corrected chi connectivity index (χ3v) is 3.68. The van der Waals surface area contributed by atoms with Crippen LogP contribution >= 0.6 is 11.8 Å². The SMILES string of the molecule is O=C(CSC(F)(F)F)NCc1cccc(N2CC=CC2)c1. The highest BCUT2D eigenvalue weighted by molar-refractivity contribution is 8.00. The van der Waals surface area contributed by atoms with Gasteiger partial charge < -0.3 is 10.2 Å². The number of carbonyl (C=O) groups excluding carboxylic acids is 1. The molecule has 1 aliphatic rings. The molecular formula is C14H15F3N2OS. The maximum atomic E-state index is 12.0. The van der Waals surface area contributed by atoms with Gasteiger partial charge in [-0.15, -0.1) is 0 Å². The van der Waals surface area contributed by atoms with Crippen LogP contribution in [0.25, 0.3) is 0 Å². The smallest absolute Gasteiger partial charge is 0.364 e. The van der Waals surface area contributed by atoms with Crippen LogP contribution in [-0.2, 0) is 11.3 Å². The number of amides is 1. The molecule has 0 aliphatic carbocycles. The molecule has 3 nitrogen and oxygen atoms in total. The van der Waals surface area contributed by atoms with E-state index in [1.807, 2.05) is 24.3 Å². The Morgan fingerprint density at radius 3 is 2.67 bits per heavy atom. The zero-order valence-corrected chi connectivity index (χ0v) is 12.0. The Morgan fingerprint density at radius 2 is 2.00 bits per heavy atom. The zero-order chi connectivity index (χ0) is 15.3. The van der Waals surface area contributed by atoms with Gasteiger partial charge in [-0.2, -0.15) is 13.2 Å². The fraction of sp³-hybridized carbons (Fsp3) is 0.357. The molecule has 2 rings (SSSR count). The molecule has 0 bridgehead atoms. The molecule has 0 aromatic heterocycles. The number of nitrogens with one attached hydrogen (secondary N) is 1. The number of halogens is 3. The Kier molecular flexibility index (Phi) is 5.17. The van der Waals surface area contributed by atoms with Crippen molar-refractivity contribution in [2.45, 2.75) is 12.1 Å². The normalized spacial score (nSPS) is 14.5. The zero-order valence-electron chi connectivity index (χ0n) is 11.2. The van der Waals surface area contributed by atoms with Crippen molar-refractivity contribution in [1.82, 2.24) is 5.32 Å². The Hall–Kier alpha value is -1.63. The van der Waals surface area contributed by atoms with E-state index in [0.717, 1.165) is 24.3 Å². The second kappa shape index (κ2) is 6.89. The first kappa shape index (κ1) is 15.8. The number of benzene rings is 1. The lowest BCUT2D eigenvalue weighted by Crippen LogP contribution is -2.26. The van der Waals surface area contributed by atoms with Gasteiger partial charge in [0.2, 0.25) is 5.91 Å². The highest BCUT2D eigenvalue weighted by atomic mass is 32.2. The second-order valence-electron chi connectivity index (χ2n) is 4.56. The van der Waals surface area contributed by atoms with E-state index >= 15 is 0 Å². The van der Waals surface area contributed by atoms with Crippen LogP contribution in [0.1, 0.15) is 5.56 Å². The summed E-state index contributed by atoms with van der Waals surface area (Å²) in [7, 11) is 0. The molecule has 1 aromatic rings. The number of nitrogens with zero attached hydrogens (tertiary/aromatic N) is 1. The first-order chi connectivity index (χ1) is 9.94. The molecule has 1 aliphatic heterocycles. The van der Waals surface area contributed by atoms with Gasteiger partial charge >= 0.3 is 5.51 Å². The number of rotatable bonds is 5. The Balaban J connectivity index is 1.83. The van der Waals surface area contributed by atoms with E-state index in [-0.39, 0.29) is 18.3 Å². The summed E-state index contributed by atoms with van der Waals surface area (Å²) in [6, 6.07) is 7.62. The van der Waals surface area contributed by atoms with Gasteiger partial charge in [0, 0.05) is 25.3 Å². The van der Waals surface area contributed by atoms with Crippen LogP contribution in [0.15, 0.2) is 36.4 Å². The lowest BCUT2D eigenvalue weighted by molar-refractivity contribution is -0.119. The Labute approximate surface area is 125 Å². The molecule has 21 heavy (non-hydrogen) atoms. The van der Waals surface area contributed by atoms with E-state index in [4.69, 9.17) is 0 Å². The molecular weight excluding hydrogens is 301 g/mol. The molecule has 0 radical (unpaired) electrons. The molecule has 1 amide bonds. The molecule has 0 spiro atoms. The van der Waals surface area contributed by atoms with Gasteiger partial charge in [-0.3, -0.25) is 4.79 Å². The summed E-state index contributed by atoms with van der Waals surface area (Å²) in [6.07, 6.45) is 4.14. The van der Waals surface area contributed by atoms with Crippen molar-refractivity contribution in [3.05, 3.63) is 42.0 Å². The molecule has 114 valence electrons. The first-order valence-electron chi connectivity index (χ1n) is 6.40. The van der Waals surface area contributed by atoms with Crippen molar-refractivity contribution >= 4 is 23.4 Å². The maximum absolute atomic E-state index is 12.0. The topological polar surface area (TPSA) is 32.3 Å². The second-order valence-corrected chi connectivity index (χ2v) is 5.60. The Bertz CT molecular complexity index is 523. The predicted octanol–water partition coefficient (Wildman–Crippen LogP) is 2.93. The molecule has 0 saturated carbocycles. The number of anilines is 1. The minimum Gasteiger partial charge on any atom is -0.364 e. The van der Waals surface area contributed by atoms with Gasteiger partial charge in [-0.25, -0.2) is 0 Å². The largest absolute Gasteiger partial charge is 0.442 e. The summed E-state index contributed by atoms with van der Waals surface area (Å²) in [6.45, 7) is 1.92. The van der Waals surface area contributed by atoms with E-state index in [2.05, 4.69) is 22.4 Å². The van der Waals surface area contributed by atoms with Gasteiger partial charge in [0.05, 0.1) is 5.75 Å². The third kappa shape index (κ3) is 5.34. The van der Waals surface area contributed by atoms with Crippen molar-refractivity contribution in [2.75, 3.05) is 23.7 Å². The molecule has 0 saturated heterocycles. The summed E-state index contributed by atoms with van der Waals surface area (Å²) in [5, 5.41) is 2.50. The van der Waals surface area contributed by atoms with Gasteiger partial charge in [0.25, 0.3) is 0 Å². The van der Waals surface area contributed by atoms with E-state index in [9.17, 15) is 18.0 Å². The summed E-state index contributed by atoms with van der Waals surface area (Å²) in [5.74, 6) is -1.23. The van der Waals surface area contributed by atoms with Crippen molar-refractivity contribution < 1.29 is 18.0 Å². The van der Waals surface area contributed by atoms with E-state index in [1.54, 1.807) is 0 Å². The highest BCUT2D eigenvalue weighted by Crippen LogP contribution is 2.29. The molecule has 0 atom stereocenters. The quantitative estimate of drug-likeness (QED) is 0.848. The Morgan fingerprint density at radius 1 is 1.29 bits per heavy atom. The fourth-order valence-electron chi connectivity index (χ4n) is 1.95. The van der Waals surface area contributed by atoms with E-state index in [1.165, 1.54) is 0 Å². The molecule has 1 heterocycles. The van der Waals surface area contributed by atoms with Crippen LogP contribution in [0.5, 0.6) is 0 Å². The monoisotopic (exact) mass is 316 g/mol. The molecule has 1 aromatic carbocycles. The summed E-state index contributed by atoms with van der Waals surface area (Å²) >= 11 is -0.328. The summed E-state index contributed by atoms with van der Waals surface area (Å²) in [4.78, 5) is 13.5. The van der Waals surface area contributed by atoms with Crippen LogP contribution < -0.4 is 10.2 Å². The van der Waals surface area contributed by atoms with Gasteiger partial charge in [0.1, 0.15) is 0 Å². The average Bonchev–Trinajstić information content (AvgIpc) is 2.96. The number of hydrogen-bond donors (Lipinski definition) is 1. The van der Waals surface area contributed by atoms with Crippen LogP contribution in [0.3, 0.4) is 0 Å². The van der Waals surface area contributed by atoms with Crippen molar-refractivity contribution in [3.8, 4) is 0 Å². The summed E-state index contributed by atoms with van der Waals surface area (Å²) < 4.78 is 35.9. The fourth-order valence-corrected chi connectivity index (χ4v) is 2.35. The minimum absolute atomic E-state index is 0.229. The minimum atomic E-state index is -4.37. The molecule has 7 heteroatoms. The van der Waals surface area contributed by atoms with Crippen LogP contribution in [0.4, 0.5) is 18.9 Å². The maximum Gasteiger partial charge on any atom is 0.442 e. The lowest BCUT2D eigenvalue weighted by Gasteiger charge is -2.18. The van der Waals surface area contributed by atoms with E-state index < -0.39 is 17.2 Å². The van der Waals surface area contributed by atoms with Crippen LogP contribution in [-0.4, -0.2) is 30.3 Å². The first-order valence-corrected chi connectivity index (χ1v) is 7.39.